The maximum atomic E-state index is 14.2. The van der Waals surface area contributed by atoms with E-state index in [1.54, 1.807) is 26.0 Å². The first-order valence-electron chi connectivity index (χ1n) is 9.62. The lowest BCUT2D eigenvalue weighted by Gasteiger charge is -2.12. The molecule has 2 aromatic carbocycles. The number of pyridine rings is 1. The van der Waals surface area contributed by atoms with Crippen LogP contribution in [0, 0.1) is 11.6 Å². The number of hydrogen-bond donors (Lipinski definition) is 2. The lowest BCUT2D eigenvalue weighted by atomic mass is 10.2. The molecule has 1 aromatic heterocycles. The summed E-state index contributed by atoms with van der Waals surface area (Å²) in [7, 11) is -3.88. The molecule has 168 valence electrons. The van der Waals surface area contributed by atoms with E-state index in [1.165, 1.54) is 30.5 Å². The summed E-state index contributed by atoms with van der Waals surface area (Å²) in [6.45, 7) is 3.32. The molecule has 1 amide bonds. The average molecular weight is 461 g/mol. The van der Waals surface area contributed by atoms with Crippen LogP contribution in [0.25, 0.3) is 0 Å². The quantitative estimate of drug-likeness (QED) is 0.532. The zero-order valence-electron chi connectivity index (χ0n) is 17.3. The van der Waals surface area contributed by atoms with E-state index in [9.17, 15) is 22.0 Å². The number of ether oxygens (including phenoxy) is 1. The summed E-state index contributed by atoms with van der Waals surface area (Å²) >= 11 is 0. The van der Waals surface area contributed by atoms with Gasteiger partial charge in [0.1, 0.15) is 17.4 Å². The fourth-order valence-corrected chi connectivity index (χ4v) is 4.02. The van der Waals surface area contributed by atoms with Gasteiger partial charge in [0.2, 0.25) is 15.9 Å². The van der Waals surface area contributed by atoms with Crippen LogP contribution in [0.3, 0.4) is 0 Å². The molecule has 0 aliphatic carbocycles. The first-order chi connectivity index (χ1) is 15.1. The Kier molecular flexibility index (Phi) is 7.16. The Morgan fingerprint density at radius 3 is 2.47 bits per heavy atom. The molecule has 3 rings (SSSR count). The topological polar surface area (TPSA) is 97.4 Å². The van der Waals surface area contributed by atoms with Gasteiger partial charge in [-0.2, -0.15) is 0 Å². The predicted octanol–water partition coefficient (Wildman–Crippen LogP) is 3.77. The van der Waals surface area contributed by atoms with Gasteiger partial charge < -0.3 is 10.1 Å². The number of aromatic nitrogens is 1. The summed E-state index contributed by atoms with van der Waals surface area (Å²) in [6.07, 6.45) is 1.46. The smallest absolute Gasteiger partial charge is 0.254 e. The molecular formula is C22H21F2N3O4S. The molecule has 0 fully saturated rings. The molecule has 0 saturated carbocycles. The molecule has 10 heteroatoms. The van der Waals surface area contributed by atoms with Gasteiger partial charge in [0.05, 0.1) is 10.5 Å². The van der Waals surface area contributed by atoms with Gasteiger partial charge in [0, 0.05) is 24.8 Å². The van der Waals surface area contributed by atoms with Crippen molar-refractivity contribution >= 4 is 15.9 Å². The minimum Gasteiger partial charge on any atom is -0.439 e. The van der Waals surface area contributed by atoms with Crippen LogP contribution in [0.15, 0.2) is 65.7 Å². The maximum absolute atomic E-state index is 14.2. The molecule has 3 aromatic rings. The van der Waals surface area contributed by atoms with Crippen molar-refractivity contribution in [2.24, 2.45) is 0 Å². The molecule has 0 spiro atoms. The van der Waals surface area contributed by atoms with Gasteiger partial charge in [0.25, 0.3) is 5.91 Å². The van der Waals surface area contributed by atoms with E-state index in [-0.39, 0.29) is 23.4 Å². The third kappa shape index (κ3) is 6.08. The number of nitrogens with zero attached hydrogens (tertiary/aromatic N) is 1. The molecule has 0 atom stereocenters. The zero-order chi connectivity index (χ0) is 23.3. The lowest BCUT2D eigenvalue weighted by molar-refractivity contribution is 0.0946. The van der Waals surface area contributed by atoms with Crippen molar-refractivity contribution in [1.82, 2.24) is 15.0 Å². The monoisotopic (exact) mass is 461 g/mol. The molecule has 0 radical (unpaired) electrons. The molecule has 0 saturated heterocycles. The Hall–Kier alpha value is -3.37. The van der Waals surface area contributed by atoms with E-state index in [0.717, 1.165) is 18.2 Å². The second-order valence-electron chi connectivity index (χ2n) is 7.16. The fraction of sp³-hybridized carbons (Fsp3) is 0.182. The summed E-state index contributed by atoms with van der Waals surface area (Å²) in [5.74, 6) is -1.41. The number of amides is 1. The SMILES string of the molecule is CC(C)NS(=O)(=O)c1ccc(F)c(C(=O)NCc2ccnc(Oc3ccc(F)cc3)c2)c1. The molecule has 0 unspecified atom stereocenters. The van der Waals surface area contributed by atoms with E-state index in [2.05, 4.69) is 15.0 Å². The van der Waals surface area contributed by atoms with Gasteiger partial charge in [-0.15, -0.1) is 0 Å². The molecule has 7 nitrogen and oxygen atoms in total. The number of sulfonamides is 1. The van der Waals surface area contributed by atoms with E-state index < -0.39 is 33.1 Å². The summed E-state index contributed by atoms with van der Waals surface area (Å²) in [5, 5.41) is 2.55. The van der Waals surface area contributed by atoms with Gasteiger partial charge in [0.15, 0.2) is 0 Å². The highest BCUT2D eigenvalue weighted by Crippen LogP contribution is 2.20. The standard InChI is InChI=1S/C22H21F2N3O4S/c1-14(2)27-32(29,30)18-7-8-20(24)19(12-18)22(28)26-13-15-9-10-25-21(11-15)31-17-5-3-16(23)4-6-17/h3-12,14,27H,13H2,1-2H3,(H,26,28). The van der Waals surface area contributed by atoms with Crippen molar-refractivity contribution in [3.8, 4) is 11.6 Å². The molecule has 2 N–H and O–H groups in total. The largest absolute Gasteiger partial charge is 0.439 e. The van der Waals surface area contributed by atoms with E-state index in [1.807, 2.05) is 0 Å². The number of rotatable bonds is 8. The third-order valence-corrected chi connectivity index (χ3v) is 5.83. The van der Waals surface area contributed by atoms with Crippen LogP contribution >= 0.6 is 0 Å². The summed E-state index contributed by atoms with van der Waals surface area (Å²) < 4.78 is 59.7. The van der Waals surface area contributed by atoms with Gasteiger partial charge in [-0.3, -0.25) is 4.79 Å². The number of benzene rings is 2. The Morgan fingerprint density at radius 2 is 1.78 bits per heavy atom. The van der Waals surface area contributed by atoms with E-state index >= 15 is 0 Å². The Labute approximate surface area is 184 Å². The Balaban J connectivity index is 1.70. The Morgan fingerprint density at radius 1 is 1.06 bits per heavy atom. The highest BCUT2D eigenvalue weighted by atomic mass is 32.2. The van der Waals surface area contributed by atoms with E-state index in [4.69, 9.17) is 4.74 Å². The van der Waals surface area contributed by atoms with Crippen molar-refractivity contribution in [2.75, 3.05) is 0 Å². The molecule has 0 aliphatic heterocycles. The minimum absolute atomic E-state index is 0.0157. The van der Waals surface area contributed by atoms with Gasteiger partial charge in [-0.25, -0.2) is 26.9 Å². The van der Waals surface area contributed by atoms with Gasteiger partial charge in [-0.05, 0) is 67.9 Å². The number of hydrogen-bond acceptors (Lipinski definition) is 5. The van der Waals surface area contributed by atoms with Crippen LogP contribution in [-0.4, -0.2) is 25.4 Å². The van der Waals surface area contributed by atoms with Crippen LogP contribution in [0.5, 0.6) is 11.6 Å². The minimum atomic E-state index is -3.88. The van der Waals surface area contributed by atoms with Crippen molar-refractivity contribution in [3.63, 3.8) is 0 Å². The predicted molar refractivity (Wildman–Crippen MR) is 114 cm³/mol. The average Bonchev–Trinajstić information content (AvgIpc) is 2.73. The maximum Gasteiger partial charge on any atom is 0.254 e. The van der Waals surface area contributed by atoms with Crippen LogP contribution in [-0.2, 0) is 16.6 Å². The first kappa shape index (κ1) is 23.3. The molecule has 1 heterocycles. The highest BCUT2D eigenvalue weighted by molar-refractivity contribution is 7.89. The van der Waals surface area contributed by atoms with Gasteiger partial charge >= 0.3 is 0 Å². The van der Waals surface area contributed by atoms with Crippen molar-refractivity contribution in [3.05, 3.63) is 83.6 Å². The van der Waals surface area contributed by atoms with Crippen molar-refractivity contribution in [1.29, 1.82) is 0 Å². The van der Waals surface area contributed by atoms with Crippen molar-refractivity contribution in [2.45, 2.75) is 31.3 Å². The normalized spacial score (nSPS) is 11.4. The molecule has 0 bridgehead atoms. The Bertz CT molecular complexity index is 1220. The van der Waals surface area contributed by atoms with Crippen LogP contribution in [0.4, 0.5) is 8.78 Å². The summed E-state index contributed by atoms with van der Waals surface area (Å²) in [4.78, 5) is 16.3. The van der Waals surface area contributed by atoms with Gasteiger partial charge in [-0.1, -0.05) is 0 Å². The van der Waals surface area contributed by atoms with Crippen LogP contribution in [0.2, 0.25) is 0 Å². The second-order valence-corrected chi connectivity index (χ2v) is 8.87. The highest BCUT2D eigenvalue weighted by Gasteiger charge is 2.20. The van der Waals surface area contributed by atoms with Crippen LogP contribution in [0.1, 0.15) is 29.8 Å². The summed E-state index contributed by atoms with van der Waals surface area (Å²) in [6, 6.07) is 11.2. The van der Waals surface area contributed by atoms with E-state index in [0.29, 0.717) is 11.3 Å². The second kappa shape index (κ2) is 9.84. The number of nitrogens with one attached hydrogen (secondary N) is 2. The lowest BCUT2D eigenvalue weighted by Crippen LogP contribution is -2.31. The van der Waals surface area contributed by atoms with Crippen molar-refractivity contribution < 1.29 is 26.7 Å². The number of carbonyl (C=O) groups excluding carboxylic acids is 1. The zero-order valence-corrected chi connectivity index (χ0v) is 18.1. The number of carbonyl (C=O) groups is 1. The summed E-state index contributed by atoms with van der Waals surface area (Å²) in [5.41, 5.74) is 0.213. The first-order valence-corrected chi connectivity index (χ1v) is 11.1. The fourth-order valence-electron chi connectivity index (χ4n) is 2.74. The number of halogens is 2. The molecular weight excluding hydrogens is 440 g/mol. The molecule has 32 heavy (non-hydrogen) atoms. The van der Waals surface area contributed by atoms with Crippen LogP contribution < -0.4 is 14.8 Å². The molecule has 0 aliphatic rings. The third-order valence-electron chi connectivity index (χ3n) is 4.17.